The van der Waals surface area contributed by atoms with Crippen LogP contribution in [0, 0.1) is 0 Å². The van der Waals surface area contributed by atoms with Crippen LogP contribution in [0.4, 0.5) is 5.69 Å². The molecule has 2 heterocycles. The van der Waals surface area contributed by atoms with Gasteiger partial charge in [-0.05, 0) is 35.7 Å². The van der Waals surface area contributed by atoms with E-state index in [1.54, 1.807) is 0 Å². The summed E-state index contributed by atoms with van der Waals surface area (Å²) in [6, 6.07) is 10.0. The van der Waals surface area contributed by atoms with Crippen molar-refractivity contribution >= 4 is 17.3 Å². The molecule has 168 valence electrons. The quantitative estimate of drug-likeness (QED) is 0.548. The number of aliphatic hydroxyl groups excluding tert-OH is 4. The molecule has 8 heteroatoms. The summed E-state index contributed by atoms with van der Waals surface area (Å²) in [6.45, 7) is -0.0242. The van der Waals surface area contributed by atoms with Gasteiger partial charge in [0, 0.05) is 37.3 Å². The van der Waals surface area contributed by atoms with E-state index in [0.29, 0.717) is 35.8 Å². The molecule has 0 aromatic heterocycles. The van der Waals surface area contributed by atoms with Crippen LogP contribution in [-0.4, -0.2) is 72.2 Å². The van der Waals surface area contributed by atoms with Gasteiger partial charge < -0.3 is 34.8 Å². The highest BCUT2D eigenvalue weighted by Gasteiger charge is 2.45. The Morgan fingerprint density at radius 1 is 1.06 bits per heavy atom. The number of aliphatic hydroxyl groups is 4. The molecule has 31 heavy (non-hydrogen) atoms. The molecule has 2 aromatic rings. The Morgan fingerprint density at radius 2 is 1.77 bits per heavy atom. The van der Waals surface area contributed by atoms with Crippen molar-refractivity contribution in [3.63, 3.8) is 0 Å². The van der Waals surface area contributed by atoms with Crippen molar-refractivity contribution in [3.8, 4) is 5.75 Å². The molecular formula is C23H28ClNO6. The topological polar surface area (TPSA) is 103 Å². The van der Waals surface area contributed by atoms with E-state index in [1.165, 1.54) is 0 Å². The van der Waals surface area contributed by atoms with E-state index in [2.05, 4.69) is 0 Å². The maximum absolute atomic E-state index is 10.6. The van der Waals surface area contributed by atoms with Crippen molar-refractivity contribution in [1.82, 2.24) is 0 Å². The summed E-state index contributed by atoms with van der Waals surface area (Å²) >= 11 is 6.72. The number of ether oxygens (including phenoxy) is 2. The summed E-state index contributed by atoms with van der Waals surface area (Å²) in [5, 5.41) is 41.2. The van der Waals surface area contributed by atoms with E-state index in [1.807, 2.05) is 49.3 Å². The first kappa shape index (κ1) is 22.3. The molecule has 1 saturated heterocycles. The molecule has 5 atom stereocenters. The molecule has 4 rings (SSSR count). The zero-order valence-corrected chi connectivity index (χ0v) is 18.3. The molecule has 0 spiro atoms. The van der Waals surface area contributed by atoms with Crippen LogP contribution in [0.3, 0.4) is 0 Å². The van der Waals surface area contributed by atoms with Gasteiger partial charge in [-0.1, -0.05) is 23.7 Å². The largest absolute Gasteiger partial charge is 0.493 e. The first-order valence-electron chi connectivity index (χ1n) is 10.4. The van der Waals surface area contributed by atoms with Gasteiger partial charge in [-0.3, -0.25) is 0 Å². The van der Waals surface area contributed by atoms with Crippen molar-refractivity contribution in [1.29, 1.82) is 0 Å². The van der Waals surface area contributed by atoms with Crippen LogP contribution in [0.15, 0.2) is 30.3 Å². The van der Waals surface area contributed by atoms with Gasteiger partial charge >= 0.3 is 0 Å². The highest BCUT2D eigenvalue weighted by Crippen LogP contribution is 2.45. The maximum atomic E-state index is 10.6. The summed E-state index contributed by atoms with van der Waals surface area (Å²) in [7, 11) is 3.97. The smallest absolute Gasteiger partial charge is 0.130 e. The number of anilines is 1. The van der Waals surface area contributed by atoms with Crippen LogP contribution < -0.4 is 9.64 Å². The number of hydrogen-bond donors (Lipinski definition) is 4. The van der Waals surface area contributed by atoms with E-state index in [0.717, 1.165) is 22.4 Å². The lowest BCUT2D eigenvalue weighted by atomic mass is 9.88. The summed E-state index contributed by atoms with van der Waals surface area (Å²) < 4.78 is 11.6. The van der Waals surface area contributed by atoms with Crippen LogP contribution in [0.1, 0.15) is 28.4 Å². The maximum Gasteiger partial charge on any atom is 0.130 e. The minimum absolute atomic E-state index is 0.459. The molecule has 0 bridgehead atoms. The highest BCUT2D eigenvalue weighted by molar-refractivity contribution is 6.32. The fourth-order valence-corrected chi connectivity index (χ4v) is 4.57. The number of nitrogens with zero attached hydrogens (tertiary/aromatic N) is 1. The second kappa shape index (κ2) is 8.94. The fourth-order valence-electron chi connectivity index (χ4n) is 4.26. The zero-order chi connectivity index (χ0) is 22.3. The van der Waals surface area contributed by atoms with Crippen LogP contribution in [0.5, 0.6) is 5.75 Å². The molecule has 0 radical (unpaired) electrons. The number of rotatable bonds is 5. The van der Waals surface area contributed by atoms with Crippen LogP contribution in [0.2, 0.25) is 5.02 Å². The number of benzene rings is 2. The van der Waals surface area contributed by atoms with Crippen LogP contribution in [0.25, 0.3) is 0 Å². The third kappa shape index (κ3) is 4.14. The second-order valence-corrected chi connectivity index (χ2v) is 8.71. The SMILES string of the molecule is CN(C)c1ccc(Cc2cc(C3OC(CO)C(O)C(O)C3O)c3c(c2Cl)CCO3)cc1. The molecule has 1 fully saturated rings. The van der Waals surface area contributed by atoms with Gasteiger partial charge in [0.25, 0.3) is 0 Å². The minimum atomic E-state index is -1.45. The molecule has 2 aliphatic heterocycles. The molecule has 2 aromatic carbocycles. The Morgan fingerprint density at radius 3 is 2.42 bits per heavy atom. The number of halogens is 1. The standard InChI is InChI=1S/C23H28ClNO6/c1-25(2)14-5-3-12(4-6-14)9-13-10-16(22-15(18(13)24)7-8-30-22)23-21(29)20(28)19(27)17(11-26)31-23/h3-6,10,17,19-21,23,26-29H,7-9,11H2,1-2H3. The first-order chi connectivity index (χ1) is 14.8. The van der Waals surface area contributed by atoms with Gasteiger partial charge in [-0.25, -0.2) is 0 Å². The normalized spacial score (nSPS) is 27.6. The Labute approximate surface area is 186 Å². The molecule has 4 N–H and O–H groups in total. The van der Waals surface area contributed by atoms with E-state index in [9.17, 15) is 20.4 Å². The molecular weight excluding hydrogens is 422 g/mol. The van der Waals surface area contributed by atoms with Crippen molar-refractivity contribution < 1.29 is 29.9 Å². The number of hydrogen-bond acceptors (Lipinski definition) is 7. The average Bonchev–Trinajstić information content (AvgIpc) is 3.25. The first-order valence-corrected chi connectivity index (χ1v) is 10.7. The van der Waals surface area contributed by atoms with Crippen molar-refractivity contribution in [3.05, 3.63) is 57.6 Å². The summed E-state index contributed by atoms with van der Waals surface area (Å²) in [4.78, 5) is 2.03. The van der Waals surface area contributed by atoms with Gasteiger partial charge in [0.2, 0.25) is 0 Å². The fraction of sp³-hybridized carbons (Fsp3) is 0.478. The lowest BCUT2D eigenvalue weighted by molar-refractivity contribution is -0.232. The van der Waals surface area contributed by atoms with Crippen LogP contribution in [-0.2, 0) is 17.6 Å². The lowest BCUT2D eigenvalue weighted by Crippen LogP contribution is -2.55. The average molecular weight is 450 g/mol. The Balaban J connectivity index is 1.71. The molecule has 0 aliphatic carbocycles. The van der Waals surface area contributed by atoms with Crippen molar-refractivity contribution in [2.24, 2.45) is 0 Å². The van der Waals surface area contributed by atoms with Gasteiger partial charge in [0.1, 0.15) is 36.3 Å². The third-order valence-electron chi connectivity index (χ3n) is 6.06. The van der Waals surface area contributed by atoms with E-state index >= 15 is 0 Å². The minimum Gasteiger partial charge on any atom is -0.493 e. The summed E-state index contributed by atoms with van der Waals surface area (Å²) in [6.07, 6.45) is -4.99. The zero-order valence-electron chi connectivity index (χ0n) is 17.5. The number of fused-ring (bicyclic) bond motifs is 1. The summed E-state index contributed by atoms with van der Waals surface area (Å²) in [5.41, 5.74) is 4.44. The van der Waals surface area contributed by atoms with Gasteiger partial charge in [-0.15, -0.1) is 0 Å². The van der Waals surface area contributed by atoms with Crippen LogP contribution >= 0.6 is 11.6 Å². The molecule has 7 nitrogen and oxygen atoms in total. The Kier molecular flexibility index (Phi) is 6.44. The highest BCUT2D eigenvalue weighted by atomic mass is 35.5. The molecule has 0 amide bonds. The third-order valence-corrected chi connectivity index (χ3v) is 6.53. The second-order valence-electron chi connectivity index (χ2n) is 8.33. The van der Waals surface area contributed by atoms with Crippen molar-refractivity contribution in [2.75, 3.05) is 32.2 Å². The molecule has 0 saturated carbocycles. The Hall–Kier alpha value is -1.87. The summed E-state index contributed by atoms with van der Waals surface area (Å²) in [5.74, 6) is 0.543. The van der Waals surface area contributed by atoms with Gasteiger partial charge in [-0.2, -0.15) is 0 Å². The predicted octanol–water partition coefficient (Wildman–Crippen LogP) is 1.45. The molecule has 5 unspecified atom stereocenters. The van der Waals surface area contributed by atoms with Crippen molar-refractivity contribution in [2.45, 2.75) is 43.4 Å². The lowest BCUT2D eigenvalue weighted by Gasteiger charge is -2.40. The van der Waals surface area contributed by atoms with E-state index in [-0.39, 0.29) is 0 Å². The monoisotopic (exact) mass is 449 g/mol. The predicted molar refractivity (Wildman–Crippen MR) is 117 cm³/mol. The van der Waals surface area contributed by atoms with E-state index < -0.39 is 37.1 Å². The van der Waals surface area contributed by atoms with Gasteiger partial charge in [0.15, 0.2) is 0 Å². The van der Waals surface area contributed by atoms with Gasteiger partial charge in [0.05, 0.1) is 18.2 Å². The van der Waals surface area contributed by atoms with E-state index in [4.69, 9.17) is 21.1 Å². The Bertz CT molecular complexity index is 933. The molecule has 2 aliphatic rings.